The van der Waals surface area contributed by atoms with Crippen molar-refractivity contribution in [3.8, 4) is 0 Å². The van der Waals surface area contributed by atoms with Gasteiger partial charge >= 0.3 is 12.1 Å². The molecule has 2 rings (SSSR count). The predicted molar refractivity (Wildman–Crippen MR) is 91.4 cm³/mol. The second-order valence-corrected chi connectivity index (χ2v) is 5.49. The normalized spacial score (nSPS) is 11.0. The van der Waals surface area contributed by atoms with Gasteiger partial charge in [-0.2, -0.15) is 13.2 Å². The SMILES string of the molecule is CNc1ccccc1C(=O)OCC(=O)Nc1c(Cl)cccc1C(F)(F)F. The molecule has 2 aromatic carbocycles. The van der Waals surface area contributed by atoms with Crippen molar-refractivity contribution in [1.29, 1.82) is 0 Å². The number of hydrogen-bond acceptors (Lipinski definition) is 4. The molecule has 0 saturated carbocycles. The standard InChI is InChI=1S/C17H14ClF3N2O3/c1-22-13-8-3-2-5-10(13)16(25)26-9-14(24)23-15-11(17(19,20)21)6-4-7-12(15)18/h2-8,22H,9H2,1H3,(H,23,24). The summed E-state index contributed by atoms with van der Waals surface area (Å²) < 4.78 is 43.8. The van der Waals surface area contributed by atoms with Crippen molar-refractivity contribution < 1.29 is 27.5 Å². The fourth-order valence-corrected chi connectivity index (χ4v) is 2.37. The summed E-state index contributed by atoms with van der Waals surface area (Å²) in [6, 6.07) is 9.55. The summed E-state index contributed by atoms with van der Waals surface area (Å²) in [7, 11) is 1.61. The Hall–Kier alpha value is -2.74. The monoisotopic (exact) mass is 386 g/mol. The Kier molecular flexibility index (Phi) is 6.10. The fraction of sp³-hybridized carbons (Fsp3) is 0.176. The molecule has 0 heterocycles. The van der Waals surface area contributed by atoms with E-state index in [0.717, 1.165) is 12.1 Å². The van der Waals surface area contributed by atoms with Gasteiger partial charge in [-0.15, -0.1) is 0 Å². The first kappa shape index (κ1) is 19.6. The number of esters is 1. The maximum Gasteiger partial charge on any atom is 0.418 e. The molecule has 9 heteroatoms. The van der Waals surface area contributed by atoms with Crippen molar-refractivity contribution in [2.24, 2.45) is 0 Å². The highest BCUT2D eigenvalue weighted by Gasteiger charge is 2.34. The van der Waals surface area contributed by atoms with Crippen molar-refractivity contribution in [3.05, 3.63) is 58.6 Å². The smallest absolute Gasteiger partial charge is 0.418 e. The Morgan fingerprint density at radius 2 is 1.81 bits per heavy atom. The highest BCUT2D eigenvalue weighted by atomic mass is 35.5. The second-order valence-electron chi connectivity index (χ2n) is 5.08. The minimum atomic E-state index is -4.70. The van der Waals surface area contributed by atoms with Gasteiger partial charge in [0.2, 0.25) is 0 Å². The molecule has 1 amide bonds. The van der Waals surface area contributed by atoms with Crippen molar-refractivity contribution in [3.63, 3.8) is 0 Å². The van der Waals surface area contributed by atoms with E-state index < -0.39 is 35.9 Å². The predicted octanol–water partition coefficient (Wildman–Crippen LogP) is 4.20. The van der Waals surface area contributed by atoms with Gasteiger partial charge in [0.05, 0.1) is 21.8 Å². The number of rotatable bonds is 5. The van der Waals surface area contributed by atoms with Crippen LogP contribution in [0, 0.1) is 0 Å². The number of alkyl halides is 3. The summed E-state index contributed by atoms with van der Waals surface area (Å²) in [4.78, 5) is 23.9. The van der Waals surface area contributed by atoms with Gasteiger partial charge in [0.25, 0.3) is 5.91 Å². The van der Waals surface area contributed by atoms with Gasteiger partial charge in [-0.25, -0.2) is 4.79 Å². The third-order valence-electron chi connectivity index (χ3n) is 3.33. The van der Waals surface area contributed by atoms with E-state index in [0.29, 0.717) is 5.69 Å². The number of hydrogen-bond donors (Lipinski definition) is 2. The van der Waals surface area contributed by atoms with Crippen molar-refractivity contribution >= 4 is 34.9 Å². The first-order valence-corrected chi connectivity index (χ1v) is 7.71. The van der Waals surface area contributed by atoms with Gasteiger partial charge in [-0.1, -0.05) is 29.8 Å². The van der Waals surface area contributed by atoms with Crippen LogP contribution in [0.2, 0.25) is 5.02 Å². The summed E-state index contributed by atoms with van der Waals surface area (Å²) in [6.45, 7) is -0.764. The first-order chi connectivity index (χ1) is 12.2. The van der Waals surface area contributed by atoms with E-state index in [1.165, 1.54) is 12.1 Å². The highest BCUT2D eigenvalue weighted by molar-refractivity contribution is 6.34. The van der Waals surface area contributed by atoms with E-state index >= 15 is 0 Å². The number of nitrogens with one attached hydrogen (secondary N) is 2. The van der Waals surface area contributed by atoms with Crippen LogP contribution in [0.25, 0.3) is 0 Å². The molecule has 0 fully saturated rings. The number of halogens is 4. The van der Waals surface area contributed by atoms with E-state index in [9.17, 15) is 22.8 Å². The van der Waals surface area contributed by atoms with E-state index in [1.807, 2.05) is 5.32 Å². The molecule has 2 aromatic rings. The van der Waals surface area contributed by atoms with E-state index in [2.05, 4.69) is 5.32 Å². The van der Waals surface area contributed by atoms with Gasteiger partial charge < -0.3 is 15.4 Å². The van der Waals surface area contributed by atoms with Gasteiger partial charge in [-0.05, 0) is 24.3 Å². The lowest BCUT2D eigenvalue weighted by molar-refractivity contribution is -0.137. The molecule has 2 N–H and O–H groups in total. The van der Waals surface area contributed by atoms with Gasteiger partial charge in [0.1, 0.15) is 0 Å². The summed E-state index contributed by atoms with van der Waals surface area (Å²) >= 11 is 5.75. The minimum Gasteiger partial charge on any atom is -0.452 e. The first-order valence-electron chi connectivity index (χ1n) is 7.33. The molecule has 0 atom stereocenters. The van der Waals surface area contributed by atoms with Gasteiger partial charge in [0.15, 0.2) is 6.61 Å². The lowest BCUT2D eigenvalue weighted by Gasteiger charge is -2.15. The third kappa shape index (κ3) is 4.66. The Labute approximate surface area is 152 Å². The highest BCUT2D eigenvalue weighted by Crippen LogP contribution is 2.38. The average Bonchev–Trinajstić information content (AvgIpc) is 2.60. The summed E-state index contributed by atoms with van der Waals surface area (Å²) in [5.74, 6) is -1.74. The summed E-state index contributed by atoms with van der Waals surface area (Å²) in [6.07, 6.45) is -4.70. The molecule has 0 radical (unpaired) electrons. The van der Waals surface area contributed by atoms with E-state index in [1.54, 1.807) is 25.2 Å². The van der Waals surface area contributed by atoms with Crippen LogP contribution in [0.3, 0.4) is 0 Å². The Bertz CT molecular complexity index is 825. The third-order valence-corrected chi connectivity index (χ3v) is 3.65. The number of carbonyl (C=O) groups is 2. The minimum absolute atomic E-state index is 0.191. The largest absolute Gasteiger partial charge is 0.452 e. The Morgan fingerprint density at radius 1 is 1.12 bits per heavy atom. The van der Waals surface area contributed by atoms with Crippen LogP contribution in [0.5, 0.6) is 0 Å². The molecule has 0 aliphatic rings. The molecule has 0 aromatic heterocycles. The van der Waals surface area contributed by atoms with Crippen LogP contribution >= 0.6 is 11.6 Å². The number of para-hydroxylation sites is 2. The molecule has 0 aliphatic carbocycles. The zero-order chi connectivity index (χ0) is 19.3. The Balaban J connectivity index is 2.07. The number of amides is 1. The molecule has 0 bridgehead atoms. The zero-order valence-corrected chi connectivity index (χ0v) is 14.2. The fourth-order valence-electron chi connectivity index (χ4n) is 2.15. The van der Waals surface area contributed by atoms with E-state index in [-0.39, 0.29) is 10.6 Å². The average molecular weight is 387 g/mol. The molecule has 5 nitrogen and oxygen atoms in total. The van der Waals surface area contributed by atoms with Gasteiger partial charge in [0, 0.05) is 12.7 Å². The maximum atomic E-state index is 13.0. The van der Waals surface area contributed by atoms with Crippen LogP contribution < -0.4 is 10.6 Å². The molecular formula is C17H14ClF3N2O3. The molecule has 0 spiro atoms. The number of ether oxygens (including phenoxy) is 1. The molecule has 0 saturated heterocycles. The van der Waals surface area contributed by atoms with Crippen molar-refractivity contribution in [2.75, 3.05) is 24.3 Å². The van der Waals surface area contributed by atoms with Gasteiger partial charge in [-0.3, -0.25) is 4.79 Å². The van der Waals surface area contributed by atoms with E-state index in [4.69, 9.17) is 16.3 Å². The topological polar surface area (TPSA) is 67.4 Å². The van der Waals surface area contributed by atoms with Crippen molar-refractivity contribution in [1.82, 2.24) is 0 Å². The van der Waals surface area contributed by atoms with Crippen LogP contribution in [0.15, 0.2) is 42.5 Å². The number of carbonyl (C=O) groups excluding carboxylic acids is 2. The number of benzene rings is 2. The van der Waals surface area contributed by atoms with Crippen molar-refractivity contribution in [2.45, 2.75) is 6.18 Å². The lowest BCUT2D eigenvalue weighted by atomic mass is 10.1. The molecule has 138 valence electrons. The zero-order valence-electron chi connectivity index (χ0n) is 13.5. The maximum absolute atomic E-state index is 13.0. The molecule has 0 aliphatic heterocycles. The quantitative estimate of drug-likeness (QED) is 0.756. The van der Waals surface area contributed by atoms with Crippen LogP contribution in [0.4, 0.5) is 24.5 Å². The lowest BCUT2D eigenvalue weighted by Crippen LogP contribution is -2.23. The summed E-state index contributed by atoms with van der Waals surface area (Å²) in [5.41, 5.74) is -0.997. The molecular weight excluding hydrogens is 373 g/mol. The van der Waals surface area contributed by atoms with Crippen LogP contribution in [0.1, 0.15) is 15.9 Å². The second kappa shape index (κ2) is 8.09. The molecule has 0 unspecified atom stereocenters. The summed E-state index contributed by atoms with van der Waals surface area (Å²) in [5, 5.41) is 4.55. The van der Waals surface area contributed by atoms with Crippen LogP contribution in [-0.4, -0.2) is 25.5 Å². The molecule has 26 heavy (non-hydrogen) atoms. The Morgan fingerprint density at radius 3 is 2.46 bits per heavy atom. The van der Waals surface area contributed by atoms with Crippen LogP contribution in [-0.2, 0) is 15.7 Å². The number of anilines is 2.